The third kappa shape index (κ3) is 1.12. The van der Waals surface area contributed by atoms with Crippen LogP contribution in [0.2, 0.25) is 0 Å². The number of aromatic nitrogens is 3. The Morgan fingerprint density at radius 1 is 1.36 bits per heavy atom. The van der Waals surface area contributed by atoms with E-state index in [2.05, 4.69) is 15.2 Å². The van der Waals surface area contributed by atoms with Crippen LogP contribution in [-0.2, 0) is 0 Å². The fraction of sp³-hybridized carbons (Fsp3) is 0. The number of halogens is 1. The lowest BCUT2D eigenvalue weighted by atomic mass is 10.4. The lowest BCUT2D eigenvalue weighted by Crippen LogP contribution is -1.98. The molecule has 0 amide bonds. The van der Waals surface area contributed by atoms with Crippen molar-refractivity contribution in [3.63, 3.8) is 0 Å². The van der Waals surface area contributed by atoms with Crippen molar-refractivity contribution in [2.45, 2.75) is 0 Å². The number of nitrogens with one attached hydrogen (secondary N) is 2. The number of aromatic amines is 2. The minimum absolute atomic E-state index is 0. The first-order valence-corrected chi connectivity index (χ1v) is 2.89. The second-order valence-corrected chi connectivity index (χ2v) is 1.98. The summed E-state index contributed by atoms with van der Waals surface area (Å²) in [6.45, 7) is 0. The normalized spacial score (nSPS) is 9.45. The molecule has 5 heteroatoms. The van der Waals surface area contributed by atoms with Crippen LogP contribution in [0, 0.1) is 0 Å². The Kier molecular flexibility index (Phi) is 1.96. The number of nitrogens with zero attached hydrogens (tertiary/aromatic N) is 1. The molecule has 0 radical (unpaired) electrons. The Bertz CT molecular complexity index is 405. The Labute approximate surface area is 68.0 Å². The van der Waals surface area contributed by atoms with Gasteiger partial charge in [0.05, 0.1) is 5.52 Å². The summed E-state index contributed by atoms with van der Waals surface area (Å²) < 4.78 is 0. The molecule has 0 aliphatic carbocycles. The van der Waals surface area contributed by atoms with Gasteiger partial charge in [0.15, 0.2) is 5.52 Å². The summed E-state index contributed by atoms with van der Waals surface area (Å²) >= 11 is 0. The highest BCUT2D eigenvalue weighted by Crippen LogP contribution is 1.98. The SMILES string of the molecule is Cl.O=c1[nH][nH]c2cccnc12. The predicted molar refractivity (Wildman–Crippen MR) is 44.0 cm³/mol. The van der Waals surface area contributed by atoms with Crippen LogP contribution in [0.15, 0.2) is 23.1 Å². The van der Waals surface area contributed by atoms with Crippen molar-refractivity contribution in [3.8, 4) is 0 Å². The van der Waals surface area contributed by atoms with E-state index in [1.54, 1.807) is 18.3 Å². The molecule has 0 atom stereocenters. The second kappa shape index (κ2) is 2.75. The predicted octanol–water partition coefficient (Wildman–Crippen LogP) is 0.673. The highest BCUT2D eigenvalue weighted by Gasteiger charge is 1.96. The van der Waals surface area contributed by atoms with Crippen molar-refractivity contribution in [2.24, 2.45) is 0 Å². The largest absolute Gasteiger partial charge is 0.296 e. The molecule has 0 aromatic carbocycles. The van der Waals surface area contributed by atoms with Crippen molar-refractivity contribution in [2.75, 3.05) is 0 Å². The van der Waals surface area contributed by atoms with E-state index in [4.69, 9.17) is 0 Å². The summed E-state index contributed by atoms with van der Waals surface area (Å²) in [4.78, 5) is 14.7. The summed E-state index contributed by atoms with van der Waals surface area (Å²) in [5.41, 5.74) is 1.03. The van der Waals surface area contributed by atoms with E-state index < -0.39 is 0 Å². The smallest absolute Gasteiger partial charge is 0.290 e. The van der Waals surface area contributed by atoms with Gasteiger partial charge in [-0.2, -0.15) is 0 Å². The number of hydrogen-bond acceptors (Lipinski definition) is 2. The van der Waals surface area contributed by atoms with Gasteiger partial charge >= 0.3 is 0 Å². The zero-order valence-electron chi connectivity index (χ0n) is 5.50. The lowest BCUT2D eigenvalue weighted by Gasteiger charge is -1.80. The first kappa shape index (κ1) is 7.81. The first-order valence-electron chi connectivity index (χ1n) is 2.89. The zero-order chi connectivity index (χ0) is 6.97. The third-order valence-electron chi connectivity index (χ3n) is 1.33. The fourth-order valence-corrected chi connectivity index (χ4v) is 0.870. The van der Waals surface area contributed by atoms with Crippen molar-refractivity contribution >= 4 is 23.4 Å². The lowest BCUT2D eigenvalue weighted by molar-refractivity contribution is 1.08. The van der Waals surface area contributed by atoms with E-state index in [1.807, 2.05) is 0 Å². The Hall–Kier alpha value is -1.29. The topological polar surface area (TPSA) is 61.5 Å². The summed E-state index contributed by atoms with van der Waals surface area (Å²) in [6.07, 6.45) is 1.59. The maximum Gasteiger partial charge on any atom is 0.290 e. The van der Waals surface area contributed by atoms with Gasteiger partial charge < -0.3 is 0 Å². The third-order valence-corrected chi connectivity index (χ3v) is 1.33. The molecule has 0 fully saturated rings. The molecule has 2 aromatic heterocycles. The number of H-pyrrole nitrogens is 2. The molecule has 0 bridgehead atoms. The van der Waals surface area contributed by atoms with Crippen LogP contribution in [0.5, 0.6) is 0 Å². The molecule has 0 aliphatic heterocycles. The van der Waals surface area contributed by atoms with Crippen LogP contribution in [0.4, 0.5) is 0 Å². The number of fused-ring (bicyclic) bond motifs is 1. The molecule has 0 saturated carbocycles. The van der Waals surface area contributed by atoms with E-state index in [9.17, 15) is 4.79 Å². The van der Waals surface area contributed by atoms with Gasteiger partial charge in [0.1, 0.15) is 0 Å². The fourth-order valence-electron chi connectivity index (χ4n) is 0.870. The molecule has 0 saturated heterocycles. The molecular weight excluding hydrogens is 166 g/mol. The first-order chi connectivity index (χ1) is 4.88. The average molecular weight is 172 g/mol. The molecule has 0 unspecified atom stereocenters. The van der Waals surface area contributed by atoms with Crippen LogP contribution in [0.25, 0.3) is 11.0 Å². The van der Waals surface area contributed by atoms with Gasteiger partial charge in [-0.1, -0.05) is 0 Å². The maximum absolute atomic E-state index is 10.8. The number of rotatable bonds is 0. The quantitative estimate of drug-likeness (QED) is 0.612. The van der Waals surface area contributed by atoms with Crippen molar-refractivity contribution in [1.29, 1.82) is 0 Å². The number of pyridine rings is 1. The Balaban J connectivity index is 0.000000605. The monoisotopic (exact) mass is 171 g/mol. The van der Waals surface area contributed by atoms with Gasteiger partial charge in [-0.05, 0) is 12.1 Å². The van der Waals surface area contributed by atoms with Crippen LogP contribution < -0.4 is 5.56 Å². The molecule has 0 aliphatic rings. The Morgan fingerprint density at radius 2 is 2.18 bits per heavy atom. The molecule has 58 valence electrons. The van der Waals surface area contributed by atoms with E-state index >= 15 is 0 Å². The van der Waals surface area contributed by atoms with Crippen LogP contribution in [0.1, 0.15) is 0 Å². The minimum atomic E-state index is -0.171. The molecule has 0 spiro atoms. The van der Waals surface area contributed by atoms with Crippen molar-refractivity contribution in [1.82, 2.24) is 15.2 Å². The van der Waals surface area contributed by atoms with E-state index in [-0.39, 0.29) is 18.0 Å². The van der Waals surface area contributed by atoms with Crippen LogP contribution >= 0.6 is 12.4 Å². The molecule has 2 heterocycles. The summed E-state index contributed by atoms with van der Waals surface area (Å²) in [5.74, 6) is 0. The van der Waals surface area contributed by atoms with E-state index in [0.717, 1.165) is 5.52 Å². The van der Waals surface area contributed by atoms with Crippen molar-refractivity contribution in [3.05, 3.63) is 28.7 Å². The second-order valence-electron chi connectivity index (χ2n) is 1.98. The molecule has 4 nitrogen and oxygen atoms in total. The maximum atomic E-state index is 10.8. The molecule has 2 N–H and O–H groups in total. The summed E-state index contributed by atoms with van der Waals surface area (Å²) in [6, 6.07) is 3.56. The molecule has 11 heavy (non-hydrogen) atoms. The Morgan fingerprint density at radius 3 is 2.91 bits per heavy atom. The van der Waals surface area contributed by atoms with Gasteiger partial charge in [-0.25, -0.2) is 4.98 Å². The van der Waals surface area contributed by atoms with Gasteiger partial charge in [0, 0.05) is 6.20 Å². The summed E-state index contributed by atoms with van der Waals surface area (Å²) in [7, 11) is 0. The minimum Gasteiger partial charge on any atom is -0.296 e. The summed E-state index contributed by atoms with van der Waals surface area (Å²) in [5, 5.41) is 5.12. The number of hydrogen-bond donors (Lipinski definition) is 2. The van der Waals surface area contributed by atoms with Crippen LogP contribution in [-0.4, -0.2) is 15.2 Å². The molecule has 2 aromatic rings. The zero-order valence-corrected chi connectivity index (χ0v) is 6.31. The van der Waals surface area contributed by atoms with Gasteiger partial charge in [-0.3, -0.25) is 15.0 Å². The van der Waals surface area contributed by atoms with Crippen LogP contribution in [0.3, 0.4) is 0 Å². The van der Waals surface area contributed by atoms with Gasteiger partial charge in [0.2, 0.25) is 0 Å². The highest BCUT2D eigenvalue weighted by atomic mass is 35.5. The van der Waals surface area contributed by atoms with Crippen molar-refractivity contribution < 1.29 is 0 Å². The van der Waals surface area contributed by atoms with E-state index in [0.29, 0.717) is 5.52 Å². The van der Waals surface area contributed by atoms with E-state index in [1.165, 1.54) is 0 Å². The van der Waals surface area contributed by atoms with Gasteiger partial charge in [0.25, 0.3) is 5.56 Å². The standard InChI is InChI=1S/C6H5N3O.ClH/c10-6-5-4(8-9-6)2-1-3-7-5;/h1-3H,(H2,8,9,10);1H. The average Bonchev–Trinajstić information content (AvgIpc) is 2.34. The molecule has 2 rings (SSSR count). The highest BCUT2D eigenvalue weighted by molar-refractivity contribution is 5.85. The van der Waals surface area contributed by atoms with Gasteiger partial charge in [-0.15, -0.1) is 12.4 Å². The molecular formula is C6H6ClN3O.